The Morgan fingerprint density at radius 2 is 1.77 bits per heavy atom. The van der Waals surface area contributed by atoms with Gasteiger partial charge in [-0.15, -0.1) is 0 Å². The number of thiocarbonyl (C=S) groups is 1. The number of nitrogens with zero attached hydrogens (tertiary/aromatic N) is 2. The van der Waals surface area contributed by atoms with Gasteiger partial charge in [-0.1, -0.05) is 53.8 Å². The molecule has 0 aromatic heterocycles. The van der Waals surface area contributed by atoms with Gasteiger partial charge >= 0.3 is 11.9 Å². The maximum Gasteiger partial charge on any atom is 0.335 e. The van der Waals surface area contributed by atoms with Gasteiger partial charge < -0.3 is 19.3 Å². The molecule has 2 fully saturated rings. The van der Waals surface area contributed by atoms with Crippen LogP contribution in [0.25, 0.3) is 17.2 Å². The predicted molar refractivity (Wildman–Crippen MR) is 173 cm³/mol. The molecule has 0 saturated carbocycles. The third kappa shape index (κ3) is 8.25. The number of hydrogen-bond donors (Lipinski definition) is 1. The van der Waals surface area contributed by atoms with Gasteiger partial charge in [-0.25, -0.2) is 4.79 Å². The van der Waals surface area contributed by atoms with E-state index in [0.29, 0.717) is 45.4 Å². The number of ether oxygens (including phenoxy) is 3. The van der Waals surface area contributed by atoms with Crippen molar-refractivity contribution in [2.45, 2.75) is 6.42 Å². The number of esters is 1. The molecule has 1 amide bonds. The van der Waals surface area contributed by atoms with E-state index < -0.39 is 11.9 Å². The Morgan fingerprint density at radius 3 is 2.50 bits per heavy atom. The van der Waals surface area contributed by atoms with E-state index in [-0.39, 0.29) is 30.2 Å². The first-order valence-corrected chi connectivity index (χ1v) is 15.5. The van der Waals surface area contributed by atoms with Crippen molar-refractivity contribution in [1.82, 2.24) is 9.80 Å². The second-order valence-electron chi connectivity index (χ2n) is 9.95. The molecular weight excluding hydrogens is 624 g/mol. The molecule has 0 bridgehead atoms. The van der Waals surface area contributed by atoms with Crippen molar-refractivity contribution in [1.29, 1.82) is 0 Å². The number of halogens is 1. The van der Waals surface area contributed by atoms with Crippen LogP contribution in [0.1, 0.15) is 22.3 Å². The van der Waals surface area contributed by atoms with Crippen LogP contribution in [0.15, 0.2) is 71.6 Å². The van der Waals surface area contributed by atoms with E-state index in [0.717, 1.165) is 42.5 Å². The minimum Gasteiger partial charge on any atom is -0.492 e. The maximum atomic E-state index is 13.4. The molecule has 2 aliphatic heterocycles. The predicted octanol–water partition coefficient (Wildman–Crippen LogP) is 5.61. The summed E-state index contributed by atoms with van der Waals surface area (Å²) in [4.78, 5) is 40.9. The minimum atomic E-state index is -1.08. The second kappa shape index (κ2) is 14.8. The topological polar surface area (TPSA) is 106 Å². The molecule has 0 atom stereocenters. The van der Waals surface area contributed by atoms with Crippen LogP contribution in [0, 0.1) is 0 Å². The molecule has 12 heteroatoms. The molecule has 2 saturated heterocycles. The normalized spacial score (nSPS) is 16.4. The second-order valence-corrected chi connectivity index (χ2v) is 12.1. The lowest BCUT2D eigenvalue weighted by atomic mass is 10.0. The number of hydrogen-bond acceptors (Lipinski definition) is 9. The van der Waals surface area contributed by atoms with E-state index in [1.54, 1.807) is 6.08 Å². The Hall–Kier alpha value is -3.74. The molecule has 0 radical (unpaired) electrons. The van der Waals surface area contributed by atoms with E-state index in [1.807, 2.05) is 42.5 Å². The highest BCUT2D eigenvalue weighted by atomic mass is 35.5. The van der Waals surface area contributed by atoms with Crippen LogP contribution >= 0.6 is 35.6 Å². The summed E-state index contributed by atoms with van der Waals surface area (Å²) < 4.78 is 17.2. The van der Waals surface area contributed by atoms with Gasteiger partial charge in [-0.2, -0.15) is 0 Å². The van der Waals surface area contributed by atoms with Crippen LogP contribution < -0.4 is 9.47 Å². The quantitative estimate of drug-likeness (QED) is 0.122. The minimum absolute atomic E-state index is 0.0412. The van der Waals surface area contributed by atoms with Crippen molar-refractivity contribution >= 4 is 63.8 Å². The summed E-state index contributed by atoms with van der Waals surface area (Å²) in [6.45, 7) is 4.39. The highest BCUT2D eigenvalue weighted by Gasteiger charge is 2.32. The van der Waals surface area contributed by atoms with Gasteiger partial charge in [0, 0.05) is 36.8 Å². The Bertz CT molecular complexity index is 1590. The number of carboxylic acid groups (broad SMARTS) is 1. The first kappa shape index (κ1) is 31.7. The zero-order valence-corrected chi connectivity index (χ0v) is 26.0. The summed E-state index contributed by atoms with van der Waals surface area (Å²) in [5.74, 6) is -1.12. The molecule has 9 nitrogen and oxygen atoms in total. The summed E-state index contributed by atoms with van der Waals surface area (Å²) in [5, 5.41) is 9.64. The summed E-state index contributed by atoms with van der Waals surface area (Å²) in [6.07, 6.45) is 1.67. The SMILES string of the molecule is O=C(CCN1C(=O)C(=Cc2cc(-c3cccc(Cl)c3)ccc2OCCN2CCOCC2)SC1=S)Oc1ccc(C(=O)O)cc1. The van der Waals surface area contributed by atoms with Crippen molar-refractivity contribution in [2.75, 3.05) is 46.0 Å². The van der Waals surface area contributed by atoms with E-state index in [1.165, 1.54) is 29.2 Å². The van der Waals surface area contributed by atoms with E-state index in [9.17, 15) is 14.4 Å². The molecule has 1 N–H and O–H groups in total. The number of carbonyl (C=O) groups is 3. The first-order chi connectivity index (χ1) is 21.3. The summed E-state index contributed by atoms with van der Waals surface area (Å²) in [5.41, 5.74) is 2.64. The molecule has 3 aromatic carbocycles. The van der Waals surface area contributed by atoms with E-state index >= 15 is 0 Å². The van der Waals surface area contributed by atoms with Crippen LogP contribution in [0.5, 0.6) is 11.5 Å². The van der Waals surface area contributed by atoms with Gasteiger partial charge in [0.2, 0.25) is 0 Å². The van der Waals surface area contributed by atoms with Crippen LogP contribution in [-0.4, -0.2) is 83.1 Å². The average Bonchev–Trinajstić information content (AvgIpc) is 3.28. The maximum absolute atomic E-state index is 13.4. The number of carboxylic acids is 1. The number of rotatable bonds is 11. The Balaban J connectivity index is 1.29. The third-order valence-electron chi connectivity index (χ3n) is 6.97. The fourth-order valence-corrected chi connectivity index (χ4v) is 6.12. The molecule has 2 heterocycles. The number of thioether (sulfide) groups is 1. The zero-order chi connectivity index (χ0) is 31.1. The molecule has 2 aliphatic rings. The summed E-state index contributed by atoms with van der Waals surface area (Å²) >= 11 is 12.9. The molecule has 228 valence electrons. The highest BCUT2D eigenvalue weighted by Crippen LogP contribution is 2.36. The molecule has 0 spiro atoms. The van der Waals surface area contributed by atoms with E-state index in [2.05, 4.69) is 4.90 Å². The molecule has 0 aliphatic carbocycles. The van der Waals surface area contributed by atoms with E-state index in [4.69, 9.17) is 43.1 Å². The van der Waals surface area contributed by atoms with Gasteiger partial charge in [-0.05, 0) is 65.7 Å². The number of aromatic carboxylic acids is 1. The average molecular weight is 653 g/mol. The summed E-state index contributed by atoms with van der Waals surface area (Å²) in [7, 11) is 0. The lowest BCUT2D eigenvalue weighted by Crippen LogP contribution is -2.38. The number of carbonyl (C=O) groups excluding carboxylic acids is 2. The number of benzene rings is 3. The molecule has 44 heavy (non-hydrogen) atoms. The van der Waals surface area contributed by atoms with Crippen molar-refractivity contribution in [2.24, 2.45) is 0 Å². The Morgan fingerprint density at radius 1 is 1.02 bits per heavy atom. The van der Waals surface area contributed by atoms with Crippen molar-refractivity contribution in [3.05, 3.63) is 87.8 Å². The highest BCUT2D eigenvalue weighted by molar-refractivity contribution is 8.26. The standard InChI is InChI=1S/C32H29ClN2O7S2/c33-25-3-1-2-22(19-25)23-6-9-27(41-17-14-34-12-15-40-16-13-34)24(18-23)20-28-30(37)35(32(43)44-28)11-10-29(36)42-26-7-4-21(5-8-26)31(38)39/h1-9,18-20H,10-17H2,(H,38,39). The smallest absolute Gasteiger partial charge is 0.335 e. The molecule has 0 unspecified atom stereocenters. The van der Waals surface area contributed by atoms with Crippen LogP contribution in [-0.2, 0) is 14.3 Å². The lowest BCUT2D eigenvalue weighted by molar-refractivity contribution is -0.134. The van der Waals surface area contributed by atoms with Crippen LogP contribution in [0.2, 0.25) is 5.02 Å². The van der Waals surface area contributed by atoms with Crippen molar-refractivity contribution in [3.63, 3.8) is 0 Å². The number of morpholine rings is 1. The third-order valence-corrected chi connectivity index (χ3v) is 8.58. The molecular formula is C32H29ClN2O7S2. The fraction of sp³-hybridized carbons (Fsp3) is 0.250. The van der Waals surface area contributed by atoms with Gasteiger partial charge in [0.1, 0.15) is 22.4 Å². The Kier molecular flexibility index (Phi) is 10.7. The van der Waals surface area contributed by atoms with Crippen molar-refractivity contribution < 1.29 is 33.7 Å². The number of amides is 1. The molecule has 3 aromatic rings. The first-order valence-electron chi connectivity index (χ1n) is 13.9. The van der Waals surface area contributed by atoms with Gasteiger partial charge in [0.05, 0.1) is 30.1 Å². The zero-order valence-electron chi connectivity index (χ0n) is 23.6. The van der Waals surface area contributed by atoms with Gasteiger partial charge in [-0.3, -0.25) is 19.4 Å². The summed E-state index contributed by atoms with van der Waals surface area (Å²) in [6, 6.07) is 18.8. The van der Waals surface area contributed by atoms with Crippen molar-refractivity contribution in [3.8, 4) is 22.6 Å². The monoisotopic (exact) mass is 652 g/mol. The Labute approximate surface area is 269 Å². The van der Waals surface area contributed by atoms with Crippen LogP contribution in [0.3, 0.4) is 0 Å². The fourth-order valence-electron chi connectivity index (χ4n) is 4.63. The largest absolute Gasteiger partial charge is 0.492 e. The lowest BCUT2D eigenvalue weighted by Gasteiger charge is -2.26. The van der Waals surface area contributed by atoms with Gasteiger partial charge in [0.15, 0.2) is 0 Å². The van der Waals surface area contributed by atoms with Crippen LogP contribution in [0.4, 0.5) is 0 Å². The van der Waals surface area contributed by atoms with Gasteiger partial charge in [0.25, 0.3) is 5.91 Å². The molecule has 5 rings (SSSR count).